The van der Waals surface area contributed by atoms with Crippen LogP contribution in [0.25, 0.3) is 120 Å². The number of rotatable bonds is 4. The van der Waals surface area contributed by atoms with E-state index in [9.17, 15) is 0 Å². The molecule has 0 unspecified atom stereocenters. The second-order valence-electron chi connectivity index (χ2n) is 31.1. The van der Waals surface area contributed by atoms with Crippen LogP contribution in [0, 0.1) is 17.5 Å². The Morgan fingerprint density at radius 3 is 1.17 bits per heavy atom. The van der Waals surface area contributed by atoms with Gasteiger partial charge in [0.25, 0.3) is 20.1 Å². The molecule has 0 bridgehead atoms. The maximum Gasteiger partial charge on any atom is 0.260 e. The Kier molecular flexibility index (Phi) is 10.8. The first-order valence-corrected chi connectivity index (χ1v) is 38.4. The summed E-state index contributed by atoms with van der Waals surface area (Å²) >= 11 is 0. The van der Waals surface area contributed by atoms with E-state index in [1.165, 1.54) is 18.2 Å². The van der Waals surface area contributed by atoms with E-state index in [2.05, 4.69) is 266 Å². The molecule has 0 radical (unpaired) electrons. The van der Waals surface area contributed by atoms with E-state index >= 15 is 13.2 Å². The second-order valence-corrected chi connectivity index (χ2v) is 31.1. The summed E-state index contributed by atoms with van der Waals surface area (Å²) in [6.45, 7) is 2.68. The van der Waals surface area contributed by atoms with Gasteiger partial charge in [-0.15, -0.1) is 0 Å². The minimum absolute atomic E-state index is 0.207. The number of nitrogens with zero attached hydrogens (tertiary/aromatic N) is 6. The highest BCUT2D eigenvalue weighted by Crippen LogP contribution is 2.60. The van der Waals surface area contributed by atoms with Gasteiger partial charge in [0.15, 0.2) is 0 Å². The number of benzene rings is 16. The first kappa shape index (κ1) is 59.4. The second kappa shape index (κ2) is 20.5. The summed E-state index contributed by atoms with van der Waals surface area (Å²) in [5, 5.41) is 11.8. The molecule has 113 heavy (non-hydrogen) atoms. The molecule has 0 saturated heterocycles. The van der Waals surface area contributed by atoms with Crippen molar-refractivity contribution in [2.24, 2.45) is 0 Å². The van der Waals surface area contributed by atoms with E-state index in [0.29, 0.717) is 51.4 Å². The standard InChI is InChI=1S/C98H50B3F3N6O3/c1-2-50-24-22-35-64(102)88(50)109-74-48-77-63(47-61(74)100-59-34-13-21-45-76(59)111-96-82-55-30-9-17-41-70(55)107-69-40-16-8-29-54(69)81(91(82)107)95(109)86(96)100)101-62-46-60-75(49-78(62)113-98-84-57-32-11-19-43-72(57)108-71-42-18-10-31-56(71)83(92(84)108)97(112-77)87(98)101)110(89-65(103)36-23-37-66(89)104)94-80-53-28-7-15-39-68(53)106-67-38-14-6-27-52(67)79(90(80)106)93-85(94)99(60)58-33-12-20-44-73(58)105(93)51-25-4-3-5-26-51/h2-49H,1H2. The lowest BCUT2D eigenvalue weighted by Crippen LogP contribution is -2.65. The maximum atomic E-state index is 18.4. The Balaban J connectivity index is 0.806. The van der Waals surface area contributed by atoms with Crippen molar-refractivity contribution in [1.82, 2.24) is 13.2 Å². The van der Waals surface area contributed by atoms with Crippen molar-refractivity contribution in [3.63, 3.8) is 0 Å². The smallest absolute Gasteiger partial charge is 0.260 e. The van der Waals surface area contributed by atoms with Crippen LogP contribution in [-0.2, 0) is 0 Å². The van der Waals surface area contributed by atoms with Crippen LogP contribution < -0.4 is 78.1 Å². The molecule has 22 aromatic rings. The summed E-state index contributed by atoms with van der Waals surface area (Å²) in [5.74, 6) is 1.92. The van der Waals surface area contributed by atoms with Gasteiger partial charge in [-0.05, 0) is 123 Å². The minimum Gasteiger partial charge on any atom is -0.458 e. The van der Waals surface area contributed by atoms with E-state index in [-0.39, 0.29) is 5.69 Å². The van der Waals surface area contributed by atoms with Crippen molar-refractivity contribution in [3.05, 3.63) is 315 Å². The van der Waals surface area contributed by atoms with Gasteiger partial charge in [-0.1, -0.05) is 207 Å². The number of para-hydroxylation sites is 11. The zero-order valence-corrected chi connectivity index (χ0v) is 59.7. The molecule has 6 aromatic heterocycles. The zero-order valence-electron chi connectivity index (χ0n) is 59.7. The third-order valence-corrected chi connectivity index (χ3v) is 26.0. The molecule has 0 fully saturated rings. The Morgan fingerprint density at radius 1 is 0.274 bits per heavy atom. The number of halogens is 3. The van der Waals surface area contributed by atoms with Crippen molar-refractivity contribution in [2.75, 3.05) is 14.7 Å². The Bertz CT molecular complexity index is 8240. The van der Waals surface area contributed by atoms with Crippen molar-refractivity contribution in [1.29, 1.82) is 0 Å². The highest BCUT2D eigenvalue weighted by molar-refractivity contribution is 7.04. The average molecular weight is 1450 g/mol. The summed E-state index contributed by atoms with van der Waals surface area (Å²) in [5.41, 5.74) is 23.3. The van der Waals surface area contributed by atoms with Gasteiger partial charge in [-0.25, -0.2) is 13.2 Å². The SMILES string of the molecule is C=Cc1cccc(F)c1N1c2cc3c(cc2B2c4ccccc4Oc4c2c1c1c2ccccc2n2c5ccccc5c4c12)B1c2cc4c(cc2Oc2c1c(c1c5ccccc5n5c6ccccc6c2c15)O3)N(c1c(F)cccc1F)c1c2c(c3c5ccccc5n5c6ccccc6c1c35)N(c1ccccc1)c1ccccc1B42. The van der Waals surface area contributed by atoms with Crippen LogP contribution in [0.2, 0.25) is 0 Å². The van der Waals surface area contributed by atoms with Crippen molar-refractivity contribution in [3.8, 4) is 34.5 Å². The molecular weight excluding hydrogens is 1400 g/mol. The third-order valence-electron chi connectivity index (χ3n) is 26.0. The quantitative estimate of drug-likeness (QED) is 0.164. The summed E-state index contributed by atoms with van der Waals surface area (Å²) in [4.78, 5) is 6.46. The molecule has 9 nitrogen and oxygen atoms in total. The number of anilines is 9. The molecule has 0 amide bonds. The molecule has 0 N–H and O–H groups in total. The van der Waals surface area contributed by atoms with Gasteiger partial charge in [-0.2, -0.15) is 0 Å². The van der Waals surface area contributed by atoms with Crippen LogP contribution in [0.3, 0.4) is 0 Å². The topological polar surface area (TPSA) is 50.6 Å². The number of fused-ring (bicyclic) bond motifs is 36. The molecule has 6 aliphatic heterocycles. The van der Waals surface area contributed by atoms with Gasteiger partial charge in [0.1, 0.15) is 57.6 Å². The first-order chi connectivity index (χ1) is 55.9. The van der Waals surface area contributed by atoms with Gasteiger partial charge in [0, 0.05) is 94.4 Å². The van der Waals surface area contributed by atoms with Crippen LogP contribution in [0.5, 0.6) is 34.5 Å². The van der Waals surface area contributed by atoms with E-state index < -0.39 is 37.6 Å². The summed E-state index contributed by atoms with van der Waals surface area (Å²) in [6.07, 6.45) is 1.75. The fourth-order valence-electron chi connectivity index (χ4n) is 22.1. The Labute approximate surface area is 641 Å². The summed E-state index contributed by atoms with van der Waals surface area (Å²) < 4.78 is 85.9. The van der Waals surface area contributed by atoms with Crippen molar-refractivity contribution in [2.45, 2.75) is 0 Å². The predicted octanol–water partition coefficient (Wildman–Crippen LogP) is 19.4. The normalized spacial score (nSPS) is 14.1. The molecule has 0 atom stereocenters. The fraction of sp³-hybridized carbons (Fsp3) is 0. The number of hydrogen-bond acceptors (Lipinski definition) is 6. The molecule has 28 rings (SSSR count). The predicted molar refractivity (Wildman–Crippen MR) is 458 cm³/mol. The van der Waals surface area contributed by atoms with E-state index in [1.54, 1.807) is 18.2 Å². The molecule has 12 heterocycles. The van der Waals surface area contributed by atoms with Crippen LogP contribution in [0.15, 0.2) is 292 Å². The van der Waals surface area contributed by atoms with Gasteiger partial charge >= 0.3 is 0 Å². The monoisotopic (exact) mass is 1450 g/mol. The molecule has 15 heteroatoms. The molecule has 0 spiro atoms. The van der Waals surface area contributed by atoms with Crippen LogP contribution >= 0.6 is 0 Å². The average Bonchev–Trinajstić information content (AvgIpc) is 1.74. The zero-order chi connectivity index (χ0) is 73.5. The van der Waals surface area contributed by atoms with Crippen molar-refractivity contribution < 1.29 is 27.4 Å². The highest BCUT2D eigenvalue weighted by Gasteiger charge is 2.53. The molecule has 0 saturated carbocycles. The van der Waals surface area contributed by atoms with Crippen LogP contribution in [0.1, 0.15) is 5.56 Å². The molecular formula is C98H50B3F3N6O3. The fourth-order valence-corrected chi connectivity index (χ4v) is 22.1. The first-order valence-electron chi connectivity index (χ1n) is 38.4. The van der Waals surface area contributed by atoms with Gasteiger partial charge in [-0.3, -0.25) is 0 Å². The summed E-state index contributed by atoms with van der Waals surface area (Å²) in [6, 6.07) is 97.3. The number of aromatic nitrogens is 3. The van der Waals surface area contributed by atoms with Gasteiger partial charge < -0.3 is 42.1 Å². The molecule has 16 aromatic carbocycles. The maximum absolute atomic E-state index is 18.4. The lowest BCUT2D eigenvalue weighted by Gasteiger charge is -2.45. The van der Waals surface area contributed by atoms with Crippen LogP contribution in [-0.4, -0.2) is 33.3 Å². The van der Waals surface area contributed by atoms with E-state index in [0.717, 1.165) is 198 Å². The lowest BCUT2D eigenvalue weighted by molar-refractivity contribution is 0.472. The molecule has 520 valence electrons. The molecule has 6 aliphatic rings. The number of hydrogen-bond donors (Lipinski definition) is 0. The van der Waals surface area contributed by atoms with E-state index in [1.807, 2.05) is 23.1 Å². The highest BCUT2D eigenvalue weighted by atomic mass is 19.1. The van der Waals surface area contributed by atoms with Gasteiger partial charge in [0.2, 0.25) is 0 Å². The Hall–Kier alpha value is -14.6. The third kappa shape index (κ3) is 6.87. The molecule has 0 aliphatic carbocycles. The Morgan fingerprint density at radius 2 is 0.646 bits per heavy atom. The van der Waals surface area contributed by atoms with Gasteiger partial charge in [0.05, 0.1) is 88.6 Å². The van der Waals surface area contributed by atoms with Crippen LogP contribution in [0.4, 0.5) is 64.4 Å². The minimum atomic E-state index is -0.719. The summed E-state index contributed by atoms with van der Waals surface area (Å²) in [7, 11) is 0. The number of ether oxygens (including phenoxy) is 3. The largest absolute Gasteiger partial charge is 0.458 e. The van der Waals surface area contributed by atoms with Crippen molar-refractivity contribution >= 4 is 241 Å². The van der Waals surface area contributed by atoms with E-state index in [4.69, 9.17) is 14.2 Å². The lowest BCUT2D eigenvalue weighted by atomic mass is 9.29.